The maximum absolute atomic E-state index is 13.0. The van der Waals surface area contributed by atoms with E-state index in [1.807, 2.05) is 26.1 Å². The van der Waals surface area contributed by atoms with Crippen molar-refractivity contribution in [1.29, 1.82) is 0 Å². The van der Waals surface area contributed by atoms with Gasteiger partial charge in [0.25, 0.3) is 5.91 Å². The van der Waals surface area contributed by atoms with Crippen LogP contribution in [0.1, 0.15) is 25.0 Å². The Morgan fingerprint density at radius 3 is 2.45 bits per heavy atom. The maximum Gasteiger partial charge on any atom is 0.254 e. The summed E-state index contributed by atoms with van der Waals surface area (Å²) in [6.45, 7) is 8.30. The molecule has 0 unspecified atom stereocenters. The molecule has 1 fully saturated rings. The number of nitrogens with zero attached hydrogens (tertiary/aromatic N) is 2. The average molecular weight is 443 g/mol. The highest BCUT2D eigenvalue weighted by Gasteiger charge is 2.34. The van der Waals surface area contributed by atoms with Gasteiger partial charge in [-0.1, -0.05) is 12.1 Å². The van der Waals surface area contributed by atoms with Gasteiger partial charge in [-0.15, -0.1) is 0 Å². The number of carbonyl (C=O) groups is 1. The lowest BCUT2D eigenvalue weighted by Gasteiger charge is -2.35. The van der Waals surface area contributed by atoms with Gasteiger partial charge < -0.3 is 24.9 Å². The van der Waals surface area contributed by atoms with E-state index in [9.17, 15) is 4.79 Å². The number of hydrogen-bond donors (Lipinski definition) is 2. The van der Waals surface area contributed by atoms with Gasteiger partial charge in [0.2, 0.25) is 0 Å². The van der Waals surface area contributed by atoms with Crippen LogP contribution in [0.2, 0.25) is 0 Å². The molecule has 0 atom stereocenters. The number of piperazine rings is 1. The molecular weight excluding hydrogens is 412 g/mol. The van der Waals surface area contributed by atoms with Crippen LogP contribution in [0, 0.1) is 0 Å². The van der Waals surface area contributed by atoms with E-state index >= 15 is 0 Å². The molecule has 1 amide bonds. The number of fused-ring (bicyclic) bond motifs is 1. The first kappa shape index (κ1) is 21.3. The second kappa shape index (κ2) is 8.45. The largest absolute Gasteiger partial charge is 0.472 e. The molecule has 3 aromatic rings. The Morgan fingerprint density at radius 2 is 1.76 bits per heavy atom. The first-order valence-corrected chi connectivity index (χ1v) is 11.4. The highest BCUT2D eigenvalue weighted by molar-refractivity contribution is 6.22. The minimum atomic E-state index is -0.442. The molecule has 0 aliphatic carbocycles. The zero-order valence-corrected chi connectivity index (χ0v) is 19.4. The first-order chi connectivity index (χ1) is 15.9. The number of carbonyl (C=O) groups excluding carboxylic acids is 1. The molecule has 170 valence electrons. The lowest BCUT2D eigenvalue weighted by atomic mass is 9.81. The summed E-state index contributed by atoms with van der Waals surface area (Å²) in [5.74, 6) is -0.0848. The van der Waals surface area contributed by atoms with Crippen LogP contribution in [0.15, 0.2) is 71.7 Å². The molecule has 2 aliphatic heterocycles. The predicted octanol–water partition coefficient (Wildman–Crippen LogP) is 4.52. The quantitative estimate of drug-likeness (QED) is 0.582. The summed E-state index contributed by atoms with van der Waals surface area (Å²) in [5, 5.41) is 6.47. The number of nitrogens with one attached hydrogen (secondary N) is 2. The monoisotopic (exact) mass is 442 g/mol. The maximum atomic E-state index is 13.0. The fourth-order valence-corrected chi connectivity index (χ4v) is 4.59. The van der Waals surface area contributed by atoms with Gasteiger partial charge in [-0.25, -0.2) is 0 Å². The van der Waals surface area contributed by atoms with E-state index in [1.54, 1.807) is 12.5 Å². The van der Waals surface area contributed by atoms with Gasteiger partial charge in [-0.05, 0) is 74.0 Å². The molecule has 1 aromatic heterocycles. The Labute approximate surface area is 194 Å². The van der Waals surface area contributed by atoms with E-state index in [2.05, 4.69) is 69.9 Å². The standard InChI is InChI=1S/C27H30N4O2/c1-27(2)25-9-4-19(20-10-15-33-18-20)16-23(25)24(26(32)29-27)17-28-21-5-7-22(8-6-21)31-13-11-30(3)12-14-31/h4-10,15-18,28H,11-14H2,1-3H3,(H,29,32). The van der Waals surface area contributed by atoms with Gasteiger partial charge in [-0.3, -0.25) is 4.79 Å². The normalized spacial score (nSPS) is 19.3. The van der Waals surface area contributed by atoms with Crippen LogP contribution in [0.3, 0.4) is 0 Å². The molecule has 0 saturated carbocycles. The summed E-state index contributed by atoms with van der Waals surface area (Å²) in [6, 6.07) is 16.6. The average Bonchev–Trinajstić information content (AvgIpc) is 3.34. The molecular formula is C27H30N4O2. The molecule has 0 radical (unpaired) electrons. The van der Waals surface area contributed by atoms with Crippen molar-refractivity contribution < 1.29 is 9.21 Å². The number of likely N-dealkylation sites (N-methyl/N-ethyl adjacent to an activating group) is 1. The molecule has 5 rings (SSSR count). The van der Waals surface area contributed by atoms with Crippen molar-refractivity contribution in [2.75, 3.05) is 43.4 Å². The third-order valence-corrected chi connectivity index (χ3v) is 6.63. The zero-order chi connectivity index (χ0) is 23.0. The van der Waals surface area contributed by atoms with Crippen molar-refractivity contribution >= 4 is 22.9 Å². The third kappa shape index (κ3) is 4.26. The van der Waals surface area contributed by atoms with Crippen molar-refractivity contribution in [1.82, 2.24) is 10.2 Å². The molecule has 3 heterocycles. The SMILES string of the molecule is CN1CCN(c2ccc(NC=C3C(=O)NC(C)(C)c4ccc(-c5ccoc5)cc43)cc2)CC1. The molecule has 2 N–H and O–H groups in total. The number of anilines is 2. The topological polar surface area (TPSA) is 60.8 Å². The number of rotatable bonds is 4. The van der Waals surface area contributed by atoms with Crippen LogP contribution < -0.4 is 15.5 Å². The molecule has 6 nitrogen and oxygen atoms in total. The fraction of sp³-hybridized carbons (Fsp3) is 0.296. The summed E-state index contributed by atoms with van der Waals surface area (Å²) >= 11 is 0. The van der Waals surface area contributed by atoms with Crippen LogP contribution >= 0.6 is 0 Å². The molecule has 0 spiro atoms. The summed E-state index contributed by atoms with van der Waals surface area (Å²) < 4.78 is 5.25. The van der Waals surface area contributed by atoms with Gasteiger partial charge in [0.1, 0.15) is 0 Å². The number of amides is 1. The van der Waals surface area contributed by atoms with E-state index in [-0.39, 0.29) is 5.91 Å². The van der Waals surface area contributed by atoms with E-state index in [4.69, 9.17) is 4.42 Å². The number of benzene rings is 2. The Bertz CT molecular complexity index is 1170. The van der Waals surface area contributed by atoms with Crippen LogP contribution in [-0.2, 0) is 10.3 Å². The second-order valence-electron chi connectivity index (χ2n) is 9.39. The summed E-state index contributed by atoms with van der Waals surface area (Å²) in [4.78, 5) is 17.8. The zero-order valence-electron chi connectivity index (χ0n) is 19.4. The van der Waals surface area contributed by atoms with Crippen molar-refractivity contribution in [3.05, 3.63) is 78.4 Å². The van der Waals surface area contributed by atoms with Gasteiger partial charge in [-0.2, -0.15) is 0 Å². The van der Waals surface area contributed by atoms with E-state index in [1.165, 1.54) is 5.69 Å². The number of furan rings is 1. The first-order valence-electron chi connectivity index (χ1n) is 11.4. The molecule has 6 heteroatoms. The highest BCUT2D eigenvalue weighted by atomic mass is 16.3. The van der Waals surface area contributed by atoms with Crippen LogP contribution in [0.5, 0.6) is 0 Å². The van der Waals surface area contributed by atoms with E-state index in [0.29, 0.717) is 5.57 Å². The van der Waals surface area contributed by atoms with Gasteiger partial charge in [0, 0.05) is 49.3 Å². The summed E-state index contributed by atoms with van der Waals surface area (Å²) in [6.07, 6.45) is 5.20. The van der Waals surface area contributed by atoms with Crippen molar-refractivity contribution in [3.8, 4) is 11.1 Å². The molecule has 2 aliphatic rings. The summed E-state index contributed by atoms with van der Waals surface area (Å²) in [5.41, 5.74) is 6.40. The number of hydrogen-bond acceptors (Lipinski definition) is 5. The smallest absolute Gasteiger partial charge is 0.254 e. The van der Waals surface area contributed by atoms with E-state index in [0.717, 1.165) is 54.1 Å². The second-order valence-corrected chi connectivity index (χ2v) is 9.39. The van der Waals surface area contributed by atoms with Gasteiger partial charge >= 0.3 is 0 Å². The lowest BCUT2D eigenvalue weighted by Crippen LogP contribution is -2.45. The van der Waals surface area contributed by atoms with Gasteiger partial charge in [0.05, 0.1) is 23.6 Å². The fourth-order valence-electron chi connectivity index (χ4n) is 4.59. The molecule has 2 aromatic carbocycles. The highest BCUT2D eigenvalue weighted by Crippen LogP contribution is 2.37. The minimum Gasteiger partial charge on any atom is -0.472 e. The van der Waals surface area contributed by atoms with Crippen LogP contribution in [0.25, 0.3) is 16.7 Å². The third-order valence-electron chi connectivity index (χ3n) is 6.63. The predicted molar refractivity (Wildman–Crippen MR) is 133 cm³/mol. The van der Waals surface area contributed by atoms with E-state index < -0.39 is 5.54 Å². The van der Waals surface area contributed by atoms with Crippen molar-refractivity contribution in [3.63, 3.8) is 0 Å². The summed E-state index contributed by atoms with van der Waals surface area (Å²) in [7, 11) is 2.16. The van der Waals surface area contributed by atoms with Crippen LogP contribution in [-0.4, -0.2) is 44.0 Å². The Balaban J connectivity index is 1.41. The Morgan fingerprint density at radius 1 is 1.00 bits per heavy atom. The van der Waals surface area contributed by atoms with Crippen LogP contribution in [0.4, 0.5) is 11.4 Å². The Kier molecular flexibility index (Phi) is 5.46. The molecule has 0 bridgehead atoms. The van der Waals surface area contributed by atoms with Crippen molar-refractivity contribution in [2.24, 2.45) is 0 Å². The van der Waals surface area contributed by atoms with Gasteiger partial charge in [0.15, 0.2) is 0 Å². The minimum absolute atomic E-state index is 0.0848. The lowest BCUT2D eigenvalue weighted by molar-refractivity contribution is -0.117. The Hall–Kier alpha value is -3.51. The molecule has 33 heavy (non-hydrogen) atoms. The van der Waals surface area contributed by atoms with Crippen molar-refractivity contribution in [2.45, 2.75) is 19.4 Å². The molecule has 1 saturated heterocycles.